The van der Waals surface area contributed by atoms with Gasteiger partial charge in [0.2, 0.25) is 0 Å². The molecular formula is C11H12F3N3O3. The predicted molar refractivity (Wildman–Crippen MR) is 61.9 cm³/mol. The first-order chi connectivity index (χ1) is 9.31. The quantitative estimate of drug-likeness (QED) is 0.874. The Kier molecular flexibility index (Phi) is 5.30. The average molecular weight is 291 g/mol. The van der Waals surface area contributed by atoms with E-state index in [0.717, 1.165) is 0 Å². The van der Waals surface area contributed by atoms with Gasteiger partial charge in [-0.05, 0) is 12.1 Å². The van der Waals surface area contributed by atoms with E-state index in [1.165, 1.54) is 25.4 Å². The maximum absolute atomic E-state index is 12.0. The van der Waals surface area contributed by atoms with Crippen LogP contribution < -0.4 is 10.6 Å². The Bertz CT molecular complexity index is 491. The zero-order chi connectivity index (χ0) is 15.2. The molecule has 20 heavy (non-hydrogen) atoms. The van der Waals surface area contributed by atoms with E-state index < -0.39 is 24.7 Å². The van der Waals surface area contributed by atoms with Crippen molar-refractivity contribution in [1.82, 2.24) is 15.6 Å². The first kappa shape index (κ1) is 15.7. The van der Waals surface area contributed by atoms with Gasteiger partial charge in [-0.25, -0.2) is 4.79 Å². The van der Waals surface area contributed by atoms with Crippen molar-refractivity contribution in [3.8, 4) is 0 Å². The number of nitrogens with zero attached hydrogens (tertiary/aromatic N) is 1. The van der Waals surface area contributed by atoms with Gasteiger partial charge in [0.15, 0.2) is 0 Å². The number of alkyl carbamates (subject to hydrolysis) is 1. The Morgan fingerprint density at radius 3 is 2.65 bits per heavy atom. The lowest BCUT2D eigenvalue weighted by atomic mass is 10.2. The Labute approximate surface area is 112 Å². The first-order valence-corrected chi connectivity index (χ1v) is 5.43. The van der Waals surface area contributed by atoms with Crippen molar-refractivity contribution in [2.45, 2.75) is 12.7 Å². The van der Waals surface area contributed by atoms with Crippen LogP contribution in [-0.4, -0.2) is 36.8 Å². The van der Waals surface area contributed by atoms with E-state index in [4.69, 9.17) is 0 Å². The smallest absolute Gasteiger partial charge is 0.407 e. The van der Waals surface area contributed by atoms with Crippen molar-refractivity contribution < 1.29 is 27.5 Å². The second-order valence-corrected chi connectivity index (χ2v) is 3.68. The molecule has 1 aromatic heterocycles. The number of hydrogen-bond acceptors (Lipinski definition) is 4. The van der Waals surface area contributed by atoms with Crippen molar-refractivity contribution in [3.05, 3.63) is 29.6 Å². The number of ether oxygens (including phenoxy) is 1. The lowest BCUT2D eigenvalue weighted by Crippen LogP contribution is -2.33. The summed E-state index contributed by atoms with van der Waals surface area (Å²) in [5.74, 6) is -0.871. The third-order valence-corrected chi connectivity index (χ3v) is 2.13. The van der Waals surface area contributed by atoms with E-state index in [-0.39, 0.29) is 12.1 Å². The van der Waals surface area contributed by atoms with E-state index in [2.05, 4.69) is 15.0 Å². The van der Waals surface area contributed by atoms with Crippen LogP contribution in [0.2, 0.25) is 0 Å². The zero-order valence-electron chi connectivity index (χ0n) is 10.5. The number of methoxy groups -OCH3 is 1. The van der Waals surface area contributed by atoms with Gasteiger partial charge >= 0.3 is 12.3 Å². The molecule has 1 rings (SSSR count). The Morgan fingerprint density at radius 1 is 1.35 bits per heavy atom. The molecule has 0 fully saturated rings. The highest BCUT2D eigenvalue weighted by Crippen LogP contribution is 2.12. The van der Waals surface area contributed by atoms with Crippen LogP contribution in [-0.2, 0) is 11.3 Å². The van der Waals surface area contributed by atoms with Crippen molar-refractivity contribution in [3.63, 3.8) is 0 Å². The normalized spacial score (nSPS) is 10.8. The van der Waals surface area contributed by atoms with Crippen LogP contribution in [0.4, 0.5) is 18.0 Å². The Balaban J connectivity index is 2.63. The molecule has 2 amide bonds. The number of nitrogens with one attached hydrogen (secondary N) is 2. The molecule has 0 aliphatic heterocycles. The fourth-order valence-corrected chi connectivity index (χ4v) is 1.23. The summed E-state index contributed by atoms with van der Waals surface area (Å²) in [6.07, 6.45) is -3.90. The minimum Gasteiger partial charge on any atom is -0.453 e. The number of amides is 2. The molecule has 0 saturated carbocycles. The van der Waals surface area contributed by atoms with Crippen molar-refractivity contribution in [2.24, 2.45) is 0 Å². The van der Waals surface area contributed by atoms with Crippen molar-refractivity contribution in [1.29, 1.82) is 0 Å². The van der Waals surface area contributed by atoms with E-state index >= 15 is 0 Å². The van der Waals surface area contributed by atoms with Crippen LogP contribution in [0.5, 0.6) is 0 Å². The summed E-state index contributed by atoms with van der Waals surface area (Å²) in [6.45, 7) is -1.42. The fourth-order valence-electron chi connectivity index (χ4n) is 1.23. The SMILES string of the molecule is COC(=O)NCc1cc(C(=O)NCC(F)(F)F)ccn1. The van der Waals surface area contributed by atoms with Gasteiger partial charge in [-0.3, -0.25) is 9.78 Å². The Morgan fingerprint density at radius 2 is 2.05 bits per heavy atom. The molecule has 1 heterocycles. The number of aromatic nitrogens is 1. The zero-order valence-corrected chi connectivity index (χ0v) is 10.5. The Hall–Kier alpha value is -2.32. The largest absolute Gasteiger partial charge is 0.453 e. The molecule has 0 radical (unpaired) electrons. The summed E-state index contributed by atoms with van der Waals surface area (Å²) in [7, 11) is 1.18. The van der Waals surface area contributed by atoms with Gasteiger partial charge in [0, 0.05) is 11.8 Å². The third kappa shape index (κ3) is 5.55. The van der Waals surface area contributed by atoms with Crippen molar-refractivity contribution >= 4 is 12.0 Å². The number of hydrogen-bond donors (Lipinski definition) is 2. The highest BCUT2D eigenvalue weighted by atomic mass is 19.4. The van der Waals surface area contributed by atoms with Gasteiger partial charge < -0.3 is 15.4 Å². The maximum Gasteiger partial charge on any atom is 0.407 e. The fraction of sp³-hybridized carbons (Fsp3) is 0.364. The third-order valence-electron chi connectivity index (χ3n) is 2.13. The summed E-state index contributed by atoms with van der Waals surface area (Å²) < 4.78 is 40.3. The molecule has 0 bridgehead atoms. The van der Waals surface area contributed by atoms with Crippen LogP contribution in [0.3, 0.4) is 0 Å². The van der Waals surface area contributed by atoms with E-state index in [0.29, 0.717) is 5.69 Å². The van der Waals surface area contributed by atoms with Gasteiger partial charge in [0.25, 0.3) is 5.91 Å². The topological polar surface area (TPSA) is 80.3 Å². The van der Waals surface area contributed by atoms with Gasteiger partial charge in [-0.15, -0.1) is 0 Å². The summed E-state index contributed by atoms with van der Waals surface area (Å²) in [6, 6.07) is 2.55. The molecule has 0 aromatic carbocycles. The molecule has 9 heteroatoms. The van der Waals surface area contributed by atoms with Crippen LogP contribution in [0.1, 0.15) is 16.1 Å². The molecule has 0 saturated heterocycles. The number of halogens is 3. The minimum absolute atomic E-state index is 0.00688. The molecule has 0 aliphatic rings. The highest BCUT2D eigenvalue weighted by Gasteiger charge is 2.27. The second kappa shape index (κ2) is 6.73. The van der Waals surface area contributed by atoms with Crippen molar-refractivity contribution in [2.75, 3.05) is 13.7 Å². The molecule has 110 valence electrons. The molecule has 6 nitrogen and oxygen atoms in total. The van der Waals surface area contributed by atoms with Gasteiger partial charge in [-0.2, -0.15) is 13.2 Å². The lowest BCUT2D eigenvalue weighted by molar-refractivity contribution is -0.123. The number of rotatable bonds is 4. The first-order valence-electron chi connectivity index (χ1n) is 5.43. The summed E-state index contributed by atoms with van der Waals surface area (Å²) in [5, 5.41) is 4.07. The minimum atomic E-state index is -4.47. The van der Waals surface area contributed by atoms with E-state index in [9.17, 15) is 22.8 Å². The van der Waals surface area contributed by atoms with Gasteiger partial charge in [-0.1, -0.05) is 0 Å². The molecular weight excluding hydrogens is 279 g/mol. The molecule has 0 atom stereocenters. The second-order valence-electron chi connectivity index (χ2n) is 3.68. The number of pyridine rings is 1. The average Bonchev–Trinajstić information content (AvgIpc) is 2.41. The standard InChI is InChI=1S/C11H12F3N3O3/c1-20-10(19)16-5-8-4-7(2-3-15-8)9(18)17-6-11(12,13)14/h2-4H,5-6H2,1H3,(H,16,19)(H,17,18). The van der Waals surface area contributed by atoms with Crippen LogP contribution in [0.25, 0.3) is 0 Å². The van der Waals surface area contributed by atoms with Gasteiger partial charge in [0.05, 0.1) is 19.3 Å². The van der Waals surface area contributed by atoms with Crippen LogP contribution >= 0.6 is 0 Å². The monoisotopic (exact) mass is 291 g/mol. The van der Waals surface area contributed by atoms with E-state index in [1.54, 1.807) is 5.32 Å². The van der Waals surface area contributed by atoms with Gasteiger partial charge in [0.1, 0.15) is 6.54 Å². The molecule has 1 aromatic rings. The number of carbonyl (C=O) groups excluding carboxylic acids is 2. The summed E-state index contributed by atoms with van der Waals surface area (Å²) >= 11 is 0. The van der Waals surface area contributed by atoms with Crippen LogP contribution in [0.15, 0.2) is 18.3 Å². The molecule has 2 N–H and O–H groups in total. The van der Waals surface area contributed by atoms with E-state index in [1.807, 2.05) is 0 Å². The van der Waals surface area contributed by atoms with Crippen LogP contribution in [0, 0.1) is 0 Å². The number of carbonyl (C=O) groups is 2. The lowest BCUT2D eigenvalue weighted by Gasteiger charge is -2.09. The summed E-state index contributed by atoms with van der Waals surface area (Å²) in [5.41, 5.74) is 0.334. The molecule has 0 aliphatic carbocycles. The predicted octanol–water partition coefficient (Wildman–Crippen LogP) is 1.23. The maximum atomic E-state index is 12.0. The molecule has 0 unspecified atom stereocenters. The number of alkyl halides is 3. The molecule has 0 spiro atoms. The highest BCUT2D eigenvalue weighted by molar-refractivity contribution is 5.94. The summed E-state index contributed by atoms with van der Waals surface area (Å²) in [4.78, 5) is 26.2.